The highest BCUT2D eigenvalue weighted by atomic mass is 79.9. The summed E-state index contributed by atoms with van der Waals surface area (Å²) in [4.78, 5) is 30.7. The van der Waals surface area contributed by atoms with E-state index in [2.05, 4.69) is 47.3 Å². The average molecular weight is 481 g/mol. The zero-order chi connectivity index (χ0) is 21.3. The second kappa shape index (κ2) is 8.14. The summed E-state index contributed by atoms with van der Waals surface area (Å²) in [6, 6.07) is 8.79. The van der Waals surface area contributed by atoms with Crippen LogP contribution < -0.4 is 10.1 Å². The Hall–Kier alpha value is -3.42. The van der Waals surface area contributed by atoms with Gasteiger partial charge in [0, 0.05) is 16.8 Å². The van der Waals surface area contributed by atoms with E-state index in [0.717, 1.165) is 5.69 Å². The molecule has 1 aromatic carbocycles. The molecule has 0 radical (unpaired) electrons. The van der Waals surface area contributed by atoms with Crippen LogP contribution in [-0.2, 0) is 0 Å². The van der Waals surface area contributed by atoms with Crippen molar-refractivity contribution in [3.8, 4) is 22.9 Å². The first-order valence-corrected chi connectivity index (χ1v) is 10.2. The molecule has 1 N–H and O–H groups in total. The summed E-state index contributed by atoms with van der Waals surface area (Å²) in [5.41, 5.74) is 3.24. The summed E-state index contributed by atoms with van der Waals surface area (Å²) in [6.45, 7) is 1.84. The molecule has 3 aromatic heterocycles. The number of amides is 1. The number of nitrogens with zero attached hydrogens (tertiary/aromatic N) is 5. The van der Waals surface area contributed by atoms with Crippen molar-refractivity contribution in [3.05, 3.63) is 58.1 Å². The van der Waals surface area contributed by atoms with E-state index >= 15 is 0 Å². The van der Waals surface area contributed by atoms with Gasteiger partial charge in [-0.2, -0.15) is 10.2 Å². The van der Waals surface area contributed by atoms with Gasteiger partial charge in [0.15, 0.2) is 15.6 Å². The number of halogens is 1. The van der Waals surface area contributed by atoms with E-state index in [1.54, 1.807) is 30.6 Å². The second-order valence-electron chi connectivity index (χ2n) is 6.19. The number of aromatic nitrogens is 4. The van der Waals surface area contributed by atoms with Crippen molar-refractivity contribution in [2.24, 2.45) is 0 Å². The molecular weight excluding hydrogens is 468 g/mol. The lowest BCUT2D eigenvalue weighted by molar-refractivity contribution is 0.102. The van der Waals surface area contributed by atoms with Gasteiger partial charge in [-0.3, -0.25) is 15.1 Å². The molecule has 0 aliphatic rings. The van der Waals surface area contributed by atoms with Gasteiger partial charge in [-0.15, -0.1) is 0 Å². The Labute approximate surface area is 183 Å². The van der Waals surface area contributed by atoms with Crippen molar-refractivity contribution in [2.75, 3.05) is 12.4 Å². The number of hydrogen-bond donors (Lipinski definition) is 1. The minimum absolute atomic E-state index is 0.371. The van der Waals surface area contributed by atoms with Crippen molar-refractivity contribution in [2.45, 2.75) is 6.92 Å². The van der Waals surface area contributed by atoms with Crippen molar-refractivity contribution >= 4 is 48.8 Å². The number of fused-ring (bicyclic) bond motifs is 1. The van der Waals surface area contributed by atoms with Crippen molar-refractivity contribution in [1.82, 2.24) is 19.9 Å². The molecule has 3 heterocycles. The number of anilines is 1. The number of aryl methyl sites for hydroxylation is 1. The molecule has 0 bridgehead atoms. The molecule has 0 spiro atoms. The molecule has 4 aromatic rings. The number of nitriles is 1. The summed E-state index contributed by atoms with van der Waals surface area (Å²) in [5, 5.41) is 12.5. The van der Waals surface area contributed by atoms with Gasteiger partial charge >= 0.3 is 0 Å². The first-order chi connectivity index (χ1) is 14.5. The highest BCUT2D eigenvalue weighted by Gasteiger charge is 2.19. The maximum Gasteiger partial charge on any atom is 0.258 e. The summed E-state index contributed by atoms with van der Waals surface area (Å²) in [6.07, 6.45) is 3.14. The largest absolute Gasteiger partial charge is 0.494 e. The van der Waals surface area contributed by atoms with Crippen LogP contribution in [0.3, 0.4) is 0 Å². The predicted molar refractivity (Wildman–Crippen MR) is 117 cm³/mol. The Morgan fingerprint density at radius 2 is 2.03 bits per heavy atom. The van der Waals surface area contributed by atoms with Gasteiger partial charge in [0.1, 0.15) is 10.4 Å². The highest BCUT2D eigenvalue weighted by Crippen LogP contribution is 2.34. The van der Waals surface area contributed by atoms with Crippen LogP contribution in [0.2, 0.25) is 0 Å². The number of methoxy groups -OCH3 is 1. The first kappa shape index (κ1) is 19.9. The molecule has 0 saturated heterocycles. The van der Waals surface area contributed by atoms with Crippen LogP contribution >= 0.6 is 27.3 Å². The van der Waals surface area contributed by atoms with Crippen LogP contribution in [0.15, 0.2) is 41.3 Å². The minimum atomic E-state index is -0.371. The smallest absolute Gasteiger partial charge is 0.258 e. The van der Waals surface area contributed by atoms with Crippen molar-refractivity contribution < 1.29 is 9.53 Å². The Morgan fingerprint density at radius 1 is 1.20 bits per heavy atom. The lowest BCUT2D eigenvalue weighted by Crippen LogP contribution is -2.13. The Balaban J connectivity index is 1.77. The normalized spacial score (nSPS) is 10.6. The van der Waals surface area contributed by atoms with Gasteiger partial charge in [-0.05, 0) is 52.7 Å². The van der Waals surface area contributed by atoms with E-state index in [9.17, 15) is 10.1 Å². The number of carbonyl (C=O) groups is 1. The molecule has 0 aliphatic carbocycles. The molecule has 1 amide bonds. The molecule has 0 aliphatic heterocycles. The molecule has 0 fully saturated rings. The molecule has 0 saturated carbocycles. The predicted octanol–water partition coefficient (Wildman–Crippen LogP) is 4.35. The Bertz CT molecular complexity index is 1330. The number of thiazole rings is 1. The third-order valence-corrected chi connectivity index (χ3v) is 5.46. The lowest BCUT2D eigenvalue weighted by atomic mass is 9.96. The molecule has 10 heteroatoms. The Kier molecular flexibility index (Phi) is 5.39. The molecule has 148 valence electrons. The number of rotatable bonds is 4. The van der Waals surface area contributed by atoms with Gasteiger partial charge < -0.3 is 4.74 Å². The third kappa shape index (κ3) is 3.85. The lowest BCUT2D eigenvalue weighted by Gasteiger charge is -2.13. The summed E-state index contributed by atoms with van der Waals surface area (Å²) in [7, 11) is 1.53. The first-order valence-electron chi connectivity index (χ1n) is 8.64. The van der Waals surface area contributed by atoms with Crippen molar-refractivity contribution in [3.63, 3.8) is 0 Å². The van der Waals surface area contributed by atoms with Crippen LogP contribution in [0.1, 0.15) is 21.6 Å². The van der Waals surface area contributed by atoms with Crippen LogP contribution in [0.25, 0.3) is 21.6 Å². The standard InChI is InChI=1S/C20H13BrN6O2S/c1-10-5-14(15(29-2)8-23-10)13-6-11(7-22)3-4-12(13)18(28)27-20-26-17-19(30-20)25-16(21)9-24-17/h3-6,8-9H,1-2H3,(H,24,26,27,28). The number of benzene rings is 1. The fourth-order valence-electron chi connectivity index (χ4n) is 2.87. The van der Waals surface area contributed by atoms with E-state index in [4.69, 9.17) is 4.74 Å². The third-order valence-electron chi connectivity index (χ3n) is 4.22. The van der Waals surface area contributed by atoms with E-state index in [1.165, 1.54) is 18.4 Å². The van der Waals surface area contributed by atoms with Gasteiger partial charge in [0.25, 0.3) is 5.91 Å². The molecule has 30 heavy (non-hydrogen) atoms. The molecule has 4 rings (SSSR count). The number of pyridine rings is 1. The SMILES string of the molecule is COc1cnc(C)cc1-c1cc(C#N)ccc1C(=O)Nc1nc2ncc(Br)nc2s1. The van der Waals surface area contributed by atoms with Crippen LogP contribution in [0.5, 0.6) is 5.75 Å². The summed E-state index contributed by atoms with van der Waals surface area (Å²) in [5.74, 6) is 0.132. The summed E-state index contributed by atoms with van der Waals surface area (Å²) >= 11 is 4.49. The van der Waals surface area contributed by atoms with E-state index in [-0.39, 0.29) is 5.91 Å². The minimum Gasteiger partial charge on any atom is -0.494 e. The van der Waals surface area contributed by atoms with E-state index in [1.807, 2.05) is 13.0 Å². The van der Waals surface area contributed by atoms with Gasteiger partial charge in [-0.1, -0.05) is 11.3 Å². The molecule has 0 unspecified atom stereocenters. The van der Waals surface area contributed by atoms with Gasteiger partial charge in [-0.25, -0.2) is 9.97 Å². The van der Waals surface area contributed by atoms with Gasteiger partial charge in [0.05, 0.1) is 31.1 Å². The maximum atomic E-state index is 13.1. The Morgan fingerprint density at radius 3 is 2.80 bits per heavy atom. The van der Waals surface area contributed by atoms with Gasteiger partial charge in [0.2, 0.25) is 0 Å². The van der Waals surface area contributed by atoms with Crippen LogP contribution in [0, 0.1) is 18.3 Å². The number of nitrogens with one attached hydrogen (secondary N) is 1. The van der Waals surface area contributed by atoms with Crippen LogP contribution in [-0.4, -0.2) is 33.0 Å². The highest BCUT2D eigenvalue weighted by molar-refractivity contribution is 9.10. The number of ether oxygens (including phenoxy) is 1. The molecule has 8 nitrogen and oxygen atoms in total. The monoisotopic (exact) mass is 480 g/mol. The van der Waals surface area contributed by atoms with Crippen LogP contribution in [0.4, 0.5) is 5.13 Å². The zero-order valence-corrected chi connectivity index (χ0v) is 18.2. The quantitative estimate of drug-likeness (QED) is 0.461. The average Bonchev–Trinajstić information content (AvgIpc) is 3.14. The maximum absolute atomic E-state index is 13.1. The van der Waals surface area contributed by atoms with Crippen molar-refractivity contribution in [1.29, 1.82) is 5.26 Å². The fourth-order valence-corrected chi connectivity index (χ4v) is 4.06. The second-order valence-corrected chi connectivity index (χ2v) is 7.98. The van der Waals surface area contributed by atoms with E-state index in [0.29, 0.717) is 48.2 Å². The zero-order valence-electron chi connectivity index (χ0n) is 15.8. The summed E-state index contributed by atoms with van der Waals surface area (Å²) < 4.78 is 6.01. The molecule has 0 atom stereocenters. The molecular formula is C20H13BrN6O2S. The fraction of sp³-hybridized carbons (Fsp3) is 0.100. The number of hydrogen-bond acceptors (Lipinski definition) is 8. The number of carbonyl (C=O) groups excluding carboxylic acids is 1. The topological polar surface area (TPSA) is 114 Å². The van der Waals surface area contributed by atoms with E-state index < -0.39 is 0 Å².